The number of aromatic nitrogens is 1. The number of nitrogens with zero attached hydrogens (tertiary/aromatic N) is 2. The van der Waals surface area contributed by atoms with Crippen LogP contribution in [0.15, 0.2) is 12.3 Å². The highest BCUT2D eigenvalue weighted by atomic mass is 35.5. The van der Waals surface area contributed by atoms with E-state index in [0.29, 0.717) is 21.6 Å². The Kier molecular flexibility index (Phi) is 7.92. The zero-order valence-corrected chi connectivity index (χ0v) is 20.9. The SMILES string of the molecule is Cc1sc(C2CCCN2C(=O)CNCC(=O)OC(C)(C)C)cc1C(=O)Nc1ncc(Cl)s1. The van der Waals surface area contributed by atoms with E-state index in [1.807, 2.05) is 17.9 Å². The topological polar surface area (TPSA) is 101 Å². The lowest BCUT2D eigenvalue weighted by Crippen LogP contribution is -2.40. The summed E-state index contributed by atoms with van der Waals surface area (Å²) >= 11 is 8.60. The molecule has 0 saturated carbocycles. The molecule has 1 atom stereocenters. The first kappa shape index (κ1) is 24.6. The largest absolute Gasteiger partial charge is 0.459 e. The van der Waals surface area contributed by atoms with E-state index in [1.165, 1.54) is 28.9 Å². The summed E-state index contributed by atoms with van der Waals surface area (Å²) in [7, 11) is 0. The van der Waals surface area contributed by atoms with Gasteiger partial charge in [-0.3, -0.25) is 25.0 Å². The van der Waals surface area contributed by atoms with Crippen LogP contribution < -0.4 is 10.6 Å². The van der Waals surface area contributed by atoms with Crippen molar-refractivity contribution in [2.45, 2.75) is 52.2 Å². The second kappa shape index (κ2) is 10.3. The van der Waals surface area contributed by atoms with E-state index in [1.54, 1.807) is 20.8 Å². The van der Waals surface area contributed by atoms with Crippen LogP contribution in [0.4, 0.5) is 5.13 Å². The smallest absolute Gasteiger partial charge is 0.320 e. The normalized spacial score (nSPS) is 16.3. The van der Waals surface area contributed by atoms with Gasteiger partial charge in [0, 0.05) is 16.3 Å². The number of likely N-dealkylation sites (tertiary alicyclic amines) is 1. The maximum absolute atomic E-state index is 12.8. The van der Waals surface area contributed by atoms with Crippen molar-refractivity contribution in [1.29, 1.82) is 0 Å². The molecule has 2 N–H and O–H groups in total. The van der Waals surface area contributed by atoms with Gasteiger partial charge in [0.1, 0.15) is 9.94 Å². The standard InChI is InChI=1S/C21H27ClN4O4S2/c1-12-13(19(29)25-20-24-9-16(22)32-20)8-15(31-12)14-6-5-7-26(14)17(27)10-23-11-18(28)30-21(2,3)4/h8-9,14,23H,5-7,10-11H2,1-4H3,(H,24,25,29). The molecular weight excluding hydrogens is 472 g/mol. The summed E-state index contributed by atoms with van der Waals surface area (Å²) in [6.45, 7) is 7.97. The minimum absolute atomic E-state index is 0.0231. The summed E-state index contributed by atoms with van der Waals surface area (Å²) in [5.41, 5.74) is 0.00837. The van der Waals surface area contributed by atoms with Crippen LogP contribution in [-0.4, -0.2) is 52.9 Å². The molecule has 3 heterocycles. The number of hydrogen-bond donors (Lipinski definition) is 2. The summed E-state index contributed by atoms with van der Waals surface area (Å²) < 4.78 is 5.75. The number of thiophene rings is 1. The van der Waals surface area contributed by atoms with Crippen LogP contribution >= 0.6 is 34.3 Å². The van der Waals surface area contributed by atoms with E-state index in [9.17, 15) is 14.4 Å². The summed E-state index contributed by atoms with van der Waals surface area (Å²) in [5, 5.41) is 6.09. The number of hydrogen-bond acceptors (Lipinski definition) is 8. The fourth-order valence-electron chi connectivity index (χ4n) is 3.48. The predicted octanol–water partition coefficient (Wildman–Crippen LogP) is 4.01. The summed E-state index contributed by atoms with van der Waals surface area (Å²) in [6, 6.07) is 1.78. The predicted molar refractivity (Wildman–Crippen MR) is 127 cm³/mol. The van der Waals surface area contributed by atoms with Gasteiger partial charge < -0.3 is 9.64 Å². The van der Waals surface area contributed by atoms with Crippen molar-refractivity contribution < 1.29 is 19.1 Å². The molecule has 0 radical (unpaired) electrons. The molecule has 174 valence electrons. The number of amides is 2. The average Bonchev–Trinajstić information content (AvgIpc) is 3.39. The Morgan fingerprint density at radius 1 is 1.28 bits per heavy atom. The number of carbonyl (C=O) groups excluding carboxylic acids is 3. The number of halogens is 1. The van der Waals surface area contributed by atoms with E-state index in [4.69, 9.17) is 16.3 Å². The second-order valence-corrected chi connectivity index (χ2v) is 11.4. The molecule has 2 aromatic rings. The molecular formula is C21H27ClN4O4S2. The van der Waals surface area contributed by atoms with E-state index < -0.39 is 11.6 Å². The first-order chi connectivity index (χ1) is 15.0. The van der Waals surface area contributed by atoms with Gasteiger partial charge in [0.15, 0.2) is 5.13 Å². The molecule has 2 aromatic heterocycles. The second-order valence-electron chi connectivity index (χ2n) is 8.48. The maximum Gasteiger partial charge on any atom is 0.320 e. The molecule has 1 saturated heterocycles. The molecule has 1 aliphatic rings. The lowest BCUT2D eigenvalue weighted by molar-refractivity contribution is -0.153. The van der Waals surface area contributed by atoms with Crippen molar-refractivity contribution in [1.82, 2.24) is 15.2 Å². The highest BCUT2D eigenvalue weighted by Gasteiger charge is 2.32. The van der Waals surface area contributed by atoms with Crippen LogP contribution in [0.3, 0.4) is 0 Å². The van der Waals surface area contributed by atoms with Crippen LogP contribution in [0.1, 0.15) is 59.8 Å². The van der Waals surface area contributed by atoms with E-state index >= 15 is 0 Å². The number of ether oxygens (including phenoxy) is 1. The van der Waals surface area contributed by atoms with Gasteiger partial charge in [-0.1, -0.05) is 22.9 Å². The van der Waals surface area contributed by atoms with Gasteiger partial charge in [0.2, 0.25) is 5.91 Å². The summed E-state index contributed by atoms with van der Waals surface area (Å²) in [6.07, 6.45) is 3.21. The lowest BCUT2D eigenvalue weighted by Gasteiger charge is -2.24. The van der Waals surface area contributed by atoms with Crippen molar-refractivity contribution in [3.8, 4) is 0 Å². The number of carbonyl (C=O) groups is 3. The molecule has 1 aliphatic heterocycles. The van der Waals surface area contributed by atoms with Crippen molar-refractivity contribution >= 4 is 57.2 Å². The first-order valence-corrected chi connectivity index (χ1v) is 12.3. The highest BCUT2D eigenvalue weighted by Crippen LogP contribution is 2.37. The number of aryl methyl sites for hydroxylation is 1. The monoisotopic (exact) mass is 498 g/mol. The Balaban J connectivity index is 1.60. The van der Waals surface area contributed by atoms with Crippen molar-refractivity contribution in [3.05, 3.63) is 31.9 Å². The van der Waals surface area contributed by atoms with Crippen LogP contribution in [0.5, 0.6) is 0 Å². The molecule has 2 amide bonds. The molecule has 1 unspecified atom stereocenters. The third kappa shape index (κ3) is 6.50. The molecule has 32 heavy (non-hydrogen) atoms. The van der Waals surface area contributed by atoms with Gasteiger partial charge in [0.25, 0.3) is 5.91 Å². The van der Waals surface area contributed by atoms with E-state index in [2.05, 4.69) is 15.6 Å². The number of nitrogens with one attached hydrogen (secondary N) is 2. The van der Waals surface area contributed by atoms with Gasteiger partial charge in [-0.2, -0.15) is 0 Å². The first-order valence-electron chi connectivity index (χ1n) is 10.3. The number of thiazole rings is 1. The average molecular weight is 499 g/mol. The van der Waals surface area contributed by atoms with Crippen molar-refractivity contribution in [3.63, 3.8) is 0 Å². The Morgan fingerprint density at radius 3 is 2.69 bits per heavy atom. The Hall–Kier alpha value is -2.01. The zero-order chi connectivity index (χ0) is 23.5. The van der Waals surface area contributed by atoms with Crippen molar-refractivity contribution in [2.75, 3.05) is 25.0 Å². The van der Waals surface area contributed by atoms with Crippen LogP contribution in [0.25, 0.3) is 0 Å². The molecule has 0 spiro atoms. The Labute approximate surface area is 200 Å². The van der Waals surface area contributed by atoms with Gasteiger partial charge in [-0.15, -0.1) is 11.3 Å². The number of rotatable bonds is 7. The zero-order valence-electron chi connectivity index (χ0n) is 18.5. The molecule has 0 aliphatic carbocycles. The number of esters is 1. The fraction of sp³-hybridized carbons (Fsp3) is 0.524. The molecule has 1 fully saturated rings. The Morgan fingerprint density at radius 2 is 2.03 bits per heavy atom. The van der Waals surface area contributed by atoms with Gasteiger partial charge in [0.05, 0.1) is 30.9 Å². The maximum atomic E-state index is 12.8. The van der Waals surface area contributed by atoms with Crippen LogP contribution in [0.2, 0.25) is 4.34 Å². The minimum atomic E-state index is -0.560. The summed E-state index contributed by atoms with van der Waals surface area (Å²) in [5.74, 6) is -0.717. The van der Waals surface area contributed by atoms with Gasteiger partial charge in [-0.05, 0) is 46.6 Å². The van der Waals surface area contributed by atoms with E-state index in [0.717, 1.165) is 22.6 Å². The third-order valence-electron chi connectivity index (χ3n) is 4.75. The Bertz CT molecular complexity index is 998. The minimum Gasteiger partial charge on any atom is -0.459 e. The molecule has 0 bridgehead atoms. The van der Waals surface area contributed by atoms with E-state index in [-0.39, 0.29) is 30.9 Å². The number of anilines is 1. The van der Waals surface area contributed by atoms with Crippen LogP contribution in [0, 0.1) is 6.92 Å². The summed E-state index contributed by atoms with van der Waals surface area (Å²) in [4.78, 5) is 45.0. The quantitative estimate of drug-likeness (QED) is 0.559. The molecule has 0 aromatic carbocycles. The van der Waals surface area contributed by atoms with Gasteiger partial charge in [-0.25, -0.2) is 4.98 Å². The molecule has 3 rings (SSSR count). The lowest BCUT2D eigenvalue weighted by atomic mass is 10.1. The fourth-order valence-corrected chi connectivity index (χ4v) is 5.46. The molecule has 8 nitrogen and oxygen atoms in total. The van der Waals surface area contributed by atoms with Crippen molar-refractivity contribution in [2.24, 2.45) is 0 Å². The molecule has 11 heteroatoms. The highest BCUT2D eigenvalue weighted by molar-refractivity contribution is 7.19. The van der Waals surface area contributed by atoms with Gasteiger partial charge >= 0.3 is 5.97 Å². The van der Waals surface area contributed by atoms with Crippen LogP contribution in [-0.2, 0) is 14.3 Å². The third-order valence-corrected chi connectivity index (χ3v) is 6.93.